The highest BCUT2D eigenvalue weighted by Gasteiger charge is 2.16. The van der Waals surface area contributed by atoms with Gasteiger partial charge in [0.2, 0.25) is 11.0 Å². The Morgan fingerprint density at radius 2 is 1.87 bits per heavy atom. The summed E-state index contributed by atoms with van der Waals surface area (Å²) >= 11 is 1.35. The minimum Gasteiger partial charge on any atom is -0.350 e. The van der Waals surface area contributed by atoms with Crippen LogP contribution in [-0.2, 0) is 11.2 Å². The molecule has 31 heavy (non-hydrogen) atoms. The lowest BCUT2D eigenvalue weighted by Gasteiger charge is -2.21. The number of benzene rings is 2. The summed E-state index contributed by atoms with van der Waals surface area (Å²) in [4.78, 5) is 19.3. The highest BCUT2D eigenvalue weighted by Crippen LogP contribution is 2.20. The number of amides is 1. The summed E-state index contributed by atoms with van der Waals surface area (Å²) < 4.78 is 17.6. The Balaban J connectivity index is 1.57. The fourth-order valence-corrected chi connectivity index (χ4v) is 3.99. The van der Waals surface area contributed by atoms with E-state index in [1.165, 1.54) is 23.7 Å². The number of aromatic nitrogens is 2. The minimum absolute atomic E-state index is 0.0221. The Labute approximate surface area is 187 Å². The van der Waals surface area contributed by atoms with E-state index in [1.807, 2.05) is 37.3 Å². The van der Waals surface area contributed by atoms with Gasteiger partial charge in [-0.05, 0) is 36.6 Å². The summed E-state index contributed by atoms with van der Waals surface area (Å²) in [5, 5.41) is 3.90. The third kappa shape index (κ3) is 7.14. The van der Waals surface area contributed by atoms with Gasteiger partial charge < -0.3 is 10.2 Å². The Hall–Kier alpha value is -2.80. The van der Waals surface area contributed by atoms with Crippen LogP contribution in [0.15, 0.2) is 54.6 Å². The van der Waals surface area contributed by atoms with Crippen molar-refractivity contribution in [3.8, 4) is 0 Å². The third-order valence-electron chi connectivity index (χ3n) is 5.07. The van der Waals surface area contributed by atoms with E-state index in [-0.39, 0.29) is 17.8 Å². The van der Waals surface area contributed by atoms with Gasteiger partial charge in [-0.1, -0.05) is 55.8 Å². The number of nitrogens with zero attached hydrogens (tertiary/aromatic N) is 3. The minimum atomic E-state index is -0.249. The van der Waals surface area contributed by atoms with Crippen molar-refractivity contribution in [3.05, 3.63) is 77.4 Å². The van der Waals surface area contributed by atoms with Crippen molar-refractivity contribution in [2.24, 2.45) is 0 Å². The van der Waals surface area contributed by atoms with Gasteiger partial charge in [-0.2, -0.15) is 4.37 Å². The molecule has 1 aromatic heterocycles. The van der Waals surface area contributed by atoms with Crippen LogP contribution in [0.4, 0.5) is 9.52 Å². The van der Waals surface area contributed by atoms with E-state index in [1.54, 1.807) is 12.1 Å². The molecule has 0 saturated carbocycles. The summed E-state index contributed by atoms with van der Waals surface area (Å²) in [6.07, 6.45) is 3.05. The SMILES string of the molecule is CCCCN(CCC(=O)NC(C)c1ccccc1)c1nc(Cc2ccc(F)cc2)ns1. The second kappa shape index (κ2) is 11.6. The van der Waals surface area contributed by atoms with Crippen LogP contribution in [0.1, 0.15) is 56.1 Å². The van der Waals surface area contributed by atoms with Crippen molar-refractivity contribution in [2.75, 3.05) is 18.0 Å². The lowest BCUT2D eigenvalue weighted by Crippen LogP contribution is -2.32. The van der Waals surface area contributed by atoms with Crippen LogP contribution in [0.25, 0.3) is 0 Å². The van der Waals surface area contributed by atoms with E-state index in [4.69, 9.17) is 0 Å². The van der Waals surface area contributed by atoms with E-state index in [2.05, 4.69) is 26.5 Å². The Morgan fingerprint density at radius 1 is 1.13 bits per heavy atom. The number of halogens is 1. The first-order chi connectivity index (χ1) is 15.0. The highest BCUT2D eigenvalue weighted by atomic mass is 32.1. The number of carbonyl (C=O) groups excluding carboxylic acids is 1. The molecule has 1 atom stereocenters. The summed E-state index contributed by atoms with van der Waals surface area (Å²) in [7, 11) is 0. The van der Waals surface area contributed by atoms with E-state index in [0.29, 0.717) is 19.4 Å². The molecule has 164 valence electrons. The predicted molar refractivity (Wildman–Crippen MR) is 124 cm³/mol. The van der Waals surface area contributed by atoms with E-state index >= 15 is 0 Å². The first-order valence-electron chi connectivity index (χ1n) is 10.7. The molecule has 0 spiro atoms. The van der Waals surface area contributed by atoms with Crippen molar-refractivity contribution in [1.29, 1.82) is 0 Å². The quantitative estimate of drug-likeness (QED) is 0.448. The van der Waals surface area contributed by atoms with Gasteiger partial charge in [0.05, 0.1) is 6.04 Å². The zero-order valence-corrected chi connectivity index (χ0v) is 18.9. The zero-order valence-electron chi connectivity index (χ0n) is 18.1. The molecule has 0 saturated heterocycles. The first kappa shape index (κ1) is 22.9. The topological polar surface area (TPSA) is 58.1 Å². The van der Waals surface area contributed by atoms with Gasteiger partial charge >= 0.3 is 0 Å². The van der Waals surface area contributed by atoms with Crippen molar-refractivity contribution in [1.82, 2.24) is 14.7 Å². The molecule has 1 heterocycles. The van der Waals surface area contributed by atoms with Crippen molar-refractivity contribution < 1.29 is 9.18 Å². The molecule has 7 heteroatoms. The first-order valence-corrected chi connectivity index (χ1v) is 11.5. The van der Waals surface area contributed by atoms with Crippen LogP contribution in [0, 0.1) is 5.82 Å². The van der Waals surface area contributed by atoms with Gasteiger partial charge in [0.25, 0.3) is 0 Å². The average Bonchev–Trinajstić information content (AvgIpc) is 3.24. The second-order valence-electron chi connectivity index (χ2n) is 7.59. The maximum atomic E-state index is 13.1. The normalized spacial score (nSPS) is 11.8. The average molecular weight is 441 g/mol. The molecule has 0 aliphatic heterocycles. The number of rotatable bonds is 11. The van der Waals surface area contributed by atoms with Crippen LogP contribution < -0.4 is 10.2 Å². The maximum absolute atomic E-state index is 13.1. The monoisotopic (exact) mass is 440 g/mol. The molecular formula is C24H29FN4OS. The lowest BCUT2D eigenvalue weighted by atomic mass is 10.1. The van der Waals surface area contributed by atoms with Crippen LogP contribution >= 0.6 is 11.5 Å². The van der Waals surface area contributed by atoms with Crippen molar-refractivity contribution >= 4 is 22.6 Å². The van der Waals surface area contributed by atoms with Crippen LogP contribution in [0.5, 0.6) is 0 Å². The molecule has 1 unspecified atom stereocenters. The van der Waals surface area contributed by atoms with Gasteiger partial charge in [0.15, 0.2) is 0 Å². The Bertz CT molecular complexity index is 946. The number of hydrogen-bond acceptors (Lipinski definition) is 5. The van der Waals surface area contributed by atoms with Gasteiger partial charge in [-0.25, -0.2) is 9.37 Å². The molecule has 0 fully saturated rings. The molecule has 1 amide bonds. The van der Waals surface area contributed by atoms with Crippen molar-refractivity contribution in [2.45, 2.75) is 45.6 Å². The van der Waals surface area contributed by atoms with Crippen LogP contribution in [-0.4, -0.2) is 28.4 Å². The number of carbonyl (C=O) groups is 1. The highest BCUT2D eigenvalue weighted by molar-refractivity contribution is 7.09. The molecule has 3 aromatic rings. The molecule has 5 nitrogen and oxygen atoms in total. The third-order valence-corrected chi connectivity index (χ3v) is 5.89. The number of nitrogens with one attached hydrogen (secondary N) is 1. The number of anilines is 1. The number of hydrogen-bond donors (Lipinski definition) is 1. The molecule has 3 rings (SSSR count). The molecule has 0 aliphatic rings. The van der Waals surface area contributed by atoms with Crippen LogP contribution in [0.2, 0.25) is 0 Å². The molecule has 0 radical (unpaired) electrons. The summed E-state index contributed by atoms with van der Waals surface area (Å²) in [5.41, 5.74) is 2.06. The van der Waals surface area contributed by atoms with E-state index < -0.39 is 0 Å². The largest absolute Gasteiger partial charge is 0.350 e. The van der Waals surface area contributed by atoms with Gasteiger partial charge in [0, 0.05) is 37.5 Å². The fourth-order valence-electron chi connectivity index (χ4n) is 3.26. The standard InChI is InChI=1S/C24H29FN4OS/c1-3-4-15-29(16-14-23(30)26-18(2)20-8-6-5-7-9-20)24-27-22(28-31-24)17-19-10-12-21(25)13-11-19/h5-13,18H,3-4,14-17H2,1-2H3,(H,26,30). The molecular weight excluding hydrogens is 411 g/mol. The summed E-state index contributed by atoms with van der Waals surface area (Å²) in [6.45, 7) is 5.57. The lowest BCUT2D eigenvalue weighted by molar-refractivity contribution is -0.121. The Morgan fingerprint density at radius 3 is 2.58 bits per heavy atom. The second-order valence-corrected chi connectivity index (χ2v) is 8.32. The van der Waals surface area contributed by atoms with Gasteiger partial charge in [-0.3, -0.25) is 4.79 Å². The van der Waals surface area contributed by atoms with Gasteiger partial charge in [-0.15, -0.1) is 0 Å². The summed E-state index contributed by atoms with van der Waals surface area (Å²) in [5.74, 6) is 0.491. The van der Waals surface area contributed by atoms with E-state index in [9.17, 15) is 9.18 Å². The maximum Gasteiger partial charge on any atom is 0.222 e. The fraction of sp³-hybridized carbons (Fsp3) is 0.375. The molecule has 1 N–H and O–H groups in total. The number of unbranched alkanes of at least 4 members (excludes halogenated alkanes) is 1. The van der Waals surface area contributed by atoms with E-state index in [0.717, 1.165) is 41.5 Å². The van der Waals surface area contributed by atoms with Crippen molar-refractivity contribution in [3.63, 3.8) is 0 Å². The van der Waals surface area contributed by atoms with Gasteiger partial charge in [0.1, 0.15) is 11.6 Å². The van der Waals surface area contributed by atoms with Crippen LogP contribution in [0.3, 0.4) is 0 Å². The molecule has 2 aromatic carbocycles. The predicted octanol–water partition coefficient (Wildman–Crippen LogP) is 5.14. The molecule has 0 bridgehead atoms. The smallest absolute Gasteiger partial charge is 0.222 e. The summed E-state index contributed by atoms with van der Waals surface area (Å²) in [6, 6.07) is 16.3. The molecule has 0 aliphatic carbocycles. The Kier molecular flexibility index (Phi) is 8.53. The zero-order chi connectivity index (χ0) is 22.1.